The highest BCUT2D eigenvalue weighted by Crippen LogP contribution is 2.52. The van der Waals surface area contributed by atoms with Crippen molar-refractivity contribution in [1.82, 2.24) is 0 Å². The van der Waals surface area contributed by atoms with Crippen molar-refractivity contribution in [2.45, 2.75) is 32.6 Å². The molecule has 1 heterocycles. The minimum absolute atomic E-state index is 0.160. The standard InChI is InChI=1S/C11H21NO2S/c1-9-5-11(6-9,8-12)10-3-2-4-15(13,14)7-10/h9-10H,2-8,12H2,1H3. The summed E-state index contributed by atoms with van der Waals surface area (Å²) in [5.74, 6) is 1.84. The molecule has 0 radical (unpaired) electrons. The van der Waals surface area contributed by atoms with Crippen molar-refractivity contribution in [1.29, 1.82) is 0 Å². The van der Waals surface area contributed by atoms with Gasteiger partial charge in [0, 0.05) is 0 Å². The van der Waals surface area contributed by atoms with Gasteiger partial charge in [-0.2, -0.15) is 0 Å². The predicted octanol–water partition coefficient (Wildman–Crippen LogP) is 1.19. The molecule has 1 aliphatic carbocycles. The lowest BCUT2D eigenvalue weighted by Crippen LogP contribution is -2.51. The van der Waals surface area contributed by atoms with E-state index in [9.17, 15) is 8.42 Å². The Bertz CT molecular complexity index is 330. The molecule has 0 spiro atoms. The monoisotopic (exact) mass is 231 g/mol. The third-order valence-corrected chi connectivity index (χ3v) is 6.07. The summed E-state index contributed by atoms with van der Waals surface area (Å²) in [6, 6.07) is 0. The van der Waals surface area contributed by atoms with E-state index in [0.717, 1.165) is 31.6 Å². The van der Waals surface area contributed by atoms with Crippen molar-refractivity contribution in [3.63, 3.8) is 0 Å². The maximum Gasteiger partial charge on any atom is 0.150 e. The number of hydrogen-bond donors (Lipinski definition) is 1. The van der Waals surface area contributed by atoms with Crippen molar-refractivity contribution in [2.75, 3.05) is 18.1 Å². The molecule has 2 aliphatic rings. The third-order valence-electron chi connectivity index (χ3n) is 4.25. The maximum absolute atomic E-state index is 11.6. The predicted molar refractivity (Wildman–Crippen MR) is 61.3 cm³/mol. The highest BCUT2D eigenvalue weighted by molar-refractivity contribution is 7.91. The van der Waals surface area contributed by atoms with Crippen LogP contribution in [0.2, 0.25) is 0 Å². The van der Waals surface area contributed by atoms with Gasteiger partial charge < -0.3 is 5.73 Å². The van der Waals surface area contributed by atoms with Gasteiger partial charge in [0.05, 0.1) is 11.5 Å². The zero-order valence-corrected chi connectivity index (χ0v) is 10.2. The van der Waals surface area contributed by atoms with Crippen molar-refractivity contribution in [3.8, 4) is 0 Å². The van der Waals surface area contributed by atoms with Crippen LogP contribution < -0.4 is 5.73 Å². The third kappa shape index (κ3) is 2.07. The van der Waals surface area contributed by atoms with Crippen molar-refractivity contribution in [2.24, 2.45) is 23.0 Å². The van der Waals surface area contributed by atoms with E-state index in [-0.39, 0.29) is 5.41 Å². The Morgan fingerprint density at radius 1 is 1.40 bits per heavy atom. The van der Waals surface area contributed by atoms with Crippen molar-refractivity contribution < 1.29 is 8.42 Å². The van der Waals surface area contributed by atoms with Crippen LogP contribution in [0.5, 0.6) is 0 Å². The molecule has 2 N–H and O–H groups in total. The fraction of sp³-hybridized carbons (Fsp3) is 1.00. The van der Waals surface area contributed by atoms with Gasteiger partial charge >= 0.3 is 0 Å². The van der Waals surface area contributed by atoms with Crippen LogP contribution in [0.3, 0.4) is 0 Å². The second-order valence-electron chi connectivity index (χ2n) is 5.53. The van der Waals surface area contributed by atoms with E-state index in [0.29, 0.717) is 24.0 Å². The van der Waals surface area contributed by atoms with E-state index in [4.69, 9.17) is 5.73 Å². The minimum atomic E-state index is -2.77. The molecule has 15 heavy (non-hydrogen) atoms. The van der Waals surface area contributed by atoms with Crippen LogP contribution in [0.15, 0.2) is 0 Å². The van der Waals surface area contributed by atoms with Gasteiger partial charge in [0.25, 0.3) is 0 Å². The molecule has 1 aliphatic heterocycles. The molecule has 0 bridgehead atoms. The lowest BCUT2D eigenvalue weighted by atomic mass is 9.56. The number of hydrogen-bond acceptors (Lipinski definition) is 3. The van der Waals surface area contributed by atoms with E-state index in [1.807, 2.05) is 0 Å². The topological polar surface area (TPSA) is 60.2 Å². The summed E-state index contributed by atoms with van der Waals surface area (Å²) in [7, 11) is -2.77. The molecular weight excluding hydrogens is 210 g/mol. The van der Waals surface area contributed by atoms with Gasteiger partial charge in [-0.3, -0.25) is 0 Å². The van der Waals surface area contributed by atoms with Gasteiger partial charge in [-0.25, -0.2) is 8.42 Å². The second-order valence-corrected chi connectivity index (χ2v) is 7.76. The van der Waals surface area contributed by atoms with E-state index in [1.165, 1.54) is 0 Å². The van der Waals surface area contributed by atoms with E-state index < -0.39 is 9.84 Å². The fourth-order valence-corrected chi connectivity index (χ4v) is 5.41. The minimum Gasteiger partial charge on any atom is -0.330 e. The molecule has 1 saturated carbocycles. The molecular formula is C11H21NO2S. The maximum atomic E-state index is 11.6. The molecule has 2 fully saturated rings. The molecule has 0 aromatic carbocycles. The van der Waals surface area contributed by atoms with Crippen LogP contribution in [0.4, 0.5) is 0 Å². The van der Waals surface area contributed by atoms with Crippen LogP contribution in [0, 0.1) is 17.3 Å². The second kappa shape index (κ2) is 3.74. The first-order chi connectivity index (χ1) is 6.97. The molecule has 1 atom stereocenters. The van der Waals surface area contributed by atoms with E-state index >= 15 is 0 Å². The van der Waals surface area contributed by atoms with Crippen LogP contribution in [-0.4, -0.2) is 26.5 Å². The number of nitrogens with two attached hydrogens (primary N) is 1. The Morgan fingerprint density at radius 3 is 2.53 bits per heavy atom. The summed E-state index contributed by atoms with van der Waals surface area (Å²) >= 11 is 0. The van der Waals surface area contributed by atoms with Gasteiger partial charge in [-0.1, -0.05) is 6.92 Å². The van der Waals surface area contributed by atoms with Gasteiger partial charge in [0.2, 0.25) is 0 Å². The summed E-state index contributed by atoms with van der Waals surface area (Å²) in [4.78, 5) is 0. The zero-order valence-electron chi connectivity index (χ0n) is 9.41. The van der Waals surface area contributed by atoms with Crippen LogP contribution in [0.25, 0.3) is 0 Å². The highest BCUT2D eigenvalue weighted by Gasteiger charge is 2.48. The fourth-order valence-electron chi connectivity index (χ4n) is 3.50. The Balaban J connectivity index is 2.09. The van der Waals surface area contributed by atoms with Crippen LogP contribution >= 0.6 is 0 Å². The quantitative estimate of drug-likeness (QED) is 0.776. The molecule has 1 unspecified atom stereocenters. The molecule has 88 valence electrons. The Morgan fingerprint density at radius 2 is 2.07 bits per heavy atom. The largest absolute Gasteiger partial charge is 0.330 e. The summed E-state index contributed by atoms with van der Waals surface area (Å²) in [6.45, 7) is 2.89. The summed E-state index contributed by atoms with van der Waals surface area (Å²) < 4.78 is 23.2. The first-order valence-corrected chi connectivity index (χ1v) is 7.70. The van der Waals surface area contributed by atoms with Crippen molar-refractivity contribution >= 4 is 9.84 Å². The average molecular weight is 231 g/mol. The number of rotatable bonds is 2. The molecule has 2 rings (SSSR count). The zero-order chi connectivity index (χ0) is 11.1. The Hall–Kier alpha value is -0.0900. The molecule has 0 amide bonds. The van der Waals surface area contributed by atoms with Crippen LogP contribution in [0.1, 0.15) is 32.6 Å². The first kappa shape index (κ1) is 11.4. The van der Waals surface area contributed by atoms with Crippen LogP contribution in [-0.2, 0) is 9.84 Å². The molecule has 4 heteroatoms. The van der Waals surface area contributed by atoms with Gasteiger partial charge in [0.1, 0.15) is 0 Å². The lowest BCUT2D eigenvalue weighted by Gasteiger charge is -2.52. The summed E-state index contributed by atoms with van der Waals surface area (Å²) in [5.41, 5.74) is 6.02. The highest BCUT2D eigenvalue weighted by atomic mass is 32.2. The molecule has 1 saturated heterocycles. The Kier molecular flexibility index (Phi) is 2.84. The summed E-state index contributed by atoms with van der Waals surface area (Å²) in [5, 5.41) is 0. The number of sulfone groups is 1. The Labute approximate surface area is 92.3 Å². The average Bonchev–Trinajstić information content (AvgIpc) is 2.11. The summed E-state index contributed by atoms with van der Waals surface area (Å²) in [6.07, 6.45) is 4.15. The van der Waals surface area contributed by atoms with Gasteiger partial charge in [-0.05, 0) is 49.5 Å². The lowest BCUT2D eigenvalue weighted by molar-refractivity contribution is 0.0123. The van der Waals surface area contributed by atoms with Gasteiger partial charge in [0.15, 0.2) is 9.84 Å². The molecule has 3 nitrogen and oxygen atoms in total. The van der Waals surface area contributed by atoms with Gasteiger partial charge in [-0.15, -0.1) is 0 Å². The smallest absolute Gasteiger partial charge is 0.150 e. The first-order valence-electron chi connectivity index (χ1n) is 5.88. The van der Waals surface area contributed by atoms with E-state index in [1.54, 1.807) is 0 Å². The SMILES string of the molecule is CC1CC(CN)(C2CCCS(=O)(=O)C2)C1. The van der Waals surface area contributed by atoms with Crippen molar-refractivity contribution in [3.05, 3.63) is 0 Å². The molecule has 0 aromatic heterocycles. The normalized spacial score (nSPS) is 44.7. The van der Waals surface area contributed by atoms with E-state index in [2.05, 4.69) is 6.92 Å². The molecule has 0 aromatic rings.